The lowest BCUT2D eigenvalue weighted by Crippen LogP contribution is -2.30. The Hall–Kier alpha value is -1.88. The summed E-state index contributed by atoms with van der Waals surface area (Å²) in [7, 11) is 0. The average molecular weight is 286 g/mol. The van der Waals surface area contributed by atoms with E-state index in [4.69, 9.17) is 10.3 Å². The molecule has 2 aromatic rings. The molecule has 3 rings (SSSR count). The van der Waals surface area contributed by atoms with Gasteiger partial charge in [-0.3, -0.25) is 4.90 Å². The van der Waals surface area contributed by atoms with Crippen LogP contribution in [0.4, 0.5) is 5.69 Å². The molecule has 0 bridgehead atoms. The summed E-state index contributed by atoms with van der Waals surface area (Å²) in [5.41, 5.74) is 9.55. The minimum atomic E-state index is 0.716. The summed E-state index contributed by atoms with van der Waals surface area (Å²) in [4.78, 5) is 6.80. The molecule has 21 heavy (non-hydrogen) atoms. The topological polar surface area (TPSA) is 68.2 Å². The molecule has 0 aliphatic carbocycles. The number of rotatable bonds is 5. The van der Waals surface area contributed by atoms with Crippen molar-refractivity contribution in [2.45, 2.75) is 45.7 Å². The Morgan fingerprint density at radius 2 is 2.29 bits per heavy atom. The van der Waals surface area contributed by atoms with E-state index >= 15 is 0 Å². The maximum Gasteiger partial charge on any atom is 0.240 e. The Kier molecular flexibility index (Phi) is 4.20. The van der Waals surface area contributed by atoms with Gasteiger partial charge in [-0.25, -0.2) is 0 Å². The predicted octanol–water partition coefficient (Wildman–Crippen LogP) is 2.55. The third-order valence-electron chi connectivity index (χ3n) is 4.00. The normalized spacial score (nSPS) is 15.1. The van der Waals surface area contributed by atoms with Crippen LogP contribution in [0.15, 0.2) is 22.7 Å². The zero-order valence-corrected chi connectivity index (χ0v) is 12.5. The van der Waals surface area contributed by atoms with Crippen LogP contribution in [0.2, 0.25) is 0 Å². The first-order valence-electron chi connectivity index (χ1n) is 7.66. The van der Waals surface area contributed by atoms with E-state index in [-0.39, 0.29) is 0 Å². The molecule has 0 amide bonds. The molecule has 5 nitrogen and oxygen atoms in total. The molecule has 0 unspecified atom stereocenters. The predicted molar refractivity (Wildman–Crippen MR) is 81.6 cm³/mol. The molecule has 0 radical (unpaired) electrons. The molecule has 5 heteroatoms. The van der Waals surface area contributed by atoms with Crippen molar-refractivity contribution in [3.63, 3.8) is 0 Å². The van der Waals surface area contributed by atoms with Gasteiger partial charge in [0.25, 0.3) is 0 Å². The second-order valence-electron chi connectivity index (χ2n) is 5.65. The van der Waals surface area contributed by atoms with Crippen LogP contribution in [-0.2, 0) is 25.9 Å². The first kappa shape index (κ1) is 14.1. The van der Waals surface area contributed by atoms with E-state index in [9.17, 15) is 0 Å². The molecule has 0 saturated carbocycles. The van der Waals surface area contributed by atoms with Gasteiger partial charge in [0, 0.05) is 25.2 Å². The van der Waals surface area contributed by atoms with Crippen LogP contribution < -0.4 is 5.73 Å². The molecular formula is C16H22N4O. The van der Waals surface area contributed by atoms with Gasteiger partial charge >= 0.3 is 0 Å². The van der Waals surface area contributed by atoms with Crippen LogP contribution in [0.5, 0.6) is 0 Å². The summed E-state index contributed by atoms with van der Waals surface area (Å²) >= 11 is 0. The number of anilines is 1. The zero-order valence-electron chi connectivity index (χ0n) is 12.5. The smallest absolute Gasteiger partial charge is 0.240 e. The monoisotopic (exact) mass is 286 g/mol. The lowest BCUT2D eigenvalue weighted by Gasteiger charge is -2.28. The van der Waals surface area contributed by atoms with Crippen molar-refractivity contribution in [2.75, 3.05) is 12.3 Å². The summed E-state index contributed by atoms with van der Waals surface area (Å²) in [6.45, 7) is 4.76. The number of nitrogens with zero attached hydrogens (tertiary/aromatic N) is 3. The van der Waals surface area contributed by atoms with Gasteiger partial charge in [-0.05, 0) is 30.0 Å². The second-order valence-corrected chi connectivity index (χ2v) is 5.65. The van der Waals surface area contributed by atoms with Crippen molar-refractivity contribution in [1.29, 1.82) is 0 Å². The number of nitrogens with two attached hydrogens (primary N) is 1. The Bertz CT molecular complexity index is 608. The molecule has 0 spiro atoms. The molecule has 112 valence electrons. The van der Waals surface area contributed by atoms with E-state index in [1.165, 1.54) is 11.1 Å². The number of aryl methyl sites for hydroxylation is 1. The highest BCUT2D eigenvalue weighted by Gasteiger charge is 2.19. The van der Waals surface area contributed by atoms with Crippen molar-refractivity contribution in [2.24, 2.45) is 0 Å². The Labute approximate surface area is 125 Å². The summed E-state index contributed by atoms with van der Waals surface area (Å²) < 4.78 is 5.35. The van der Waals surface area contributed by atoms with Crippen molar-refractivity contribution in [3.05, 3.63) is 41.0 Å². The van der Waals surface area contributed by atoms with Gasteiger partial charge in [-0.2, -0.15) is 4.98 Å². The minimum Gasteiger partial charge on any atom is -0.398 e. The maximum atomic E-state index is 6.03. The van der Waals surface area contributed by atoms with Crippen LogP contribution in [0.25, 0.3) is 0 Å². The first-order valence-corrected chi connectivity index (χ1v) is 7.66. The van der Waals surface area contributed by atoms with Crippen LogP contribution in [0, 0.1) is 0 Å². The van der Waals surface area contributed by atoms with Gasteiger partial charge in [0.1, 0.15) is 0 Å². The second kappa shape index (κ2) is 6.26. The van der Waals surface area contributed by atoms with Crippen LogP contribution in [-0.4, -0.2) is 21.6 Å². The van der Waals surface area contributed by atoms with Gasteiger partial charge in [-0.1, -0.05) is 30.6 Å². The summed E-state index contributed by atoms with van der Waals surface area (Å²) in [6.07, 6.45) is 4.14. The highest BCUT2D eigenvalue weighted by molar-refractivity contribution is 5.51. The molecule has 0 saturated heterocycles. The Balaban J connectivity index is 1.63. The van der Waals surface area contributed by atoms with E-state index in [1.54, 1.807) is 0 Å². The summed E-state index contributed by atoms with van der Waals surface area (Å²) in [5, 5.41) is 4.04. The Morgan fingerprint density at radius 1 is 1.38 bits per heavy atom. The van der Waals surface area contributed by atoms with E-state index in [1.807, 2.05) is 12.1 Å². The van der Waals surface area contributed by atoms with Crippen molar-refractivity contribution in [1.82, 2.24) is 15.0 Å². The molecular weight excluding hydrogens is 264 g/mol. The lowest BCUT2D eigenvalue weighted by molar-refractivity contribution is 0.210. The van der Waals surface area contributed by atoms with Gasteiger partial charge in [0.15, 0.2) is 5.82 Å². The minimum absolute atomic E-state index is 0.716. The largest absolute Gasteiger partial charge is 0.398 e. The summed E-state index contributed by atoms with van der Waals surface area (Å²) in [6, 6.07) is 6.15. The van der Waals surface area contributed by atoms with E-state index in [0.717, 1.165) is 50.3 Å². The summed E-state index contributed by atoms with van der Waals surface area (Å²) in [5.74, 6) is 1.54. The molecule has 2 heterocycles. The van der Waals surface area contributed by atoms with Crippen molar-refractivity contribution in [3.8, 4) is 0 Å². The standard InChI is InChI=1S/C16H22N4O/c1-2-3-7-15-18-16(21-19-15)11-20-9-8-13-12(10-20)5-4-6-14(13)17/h4-6H,2-3,7-11,17H2,1H3. The fourth-order valence-electron chi connectivity index (χ4n) is 2.81. The molecule has 1 aromatic heterocycles. The Morgan fingerprint density at radius 3 is 3.14 bits per heavy atom. The quantitative estimate of drug-likeness (QED) is 0.855. The number of hydrogen-bond acceptors (Lipinski definition) is 5. The molecule has 2 N–H and O–H groups in total. The molecule has 1 aromatic carbocycles. The fourth-order valence-corrected chi connectivity index (χ4v) is 2.81. The van der Waals surface area contributed by atoms with E-state index < -0.39 is 0 Å². The number of fused-ring (bicyclic) bond motifs is 1. The maximum absolute atomic E-state index is 6.03. The van der Waals surface area contributed by atoms with Crippen LogP contribution in [0.1, 0.15) is 42.6 Å². The number of hydrogen-bond donors (Lipinski definition) is 1. The fraction of sp³-hybridized carbons (Fsp3) is 0.500. The van der Waals surface area contributed by atoms with E-state index in [2.05, 4.69) is 28.0 Å². The molecule has 0 atom stereocenters. The van der Waals surface area contributed by atoms with Crippen molar-refractivity contribution >= 4 is 5.69 Å². The zero-order chi connectivity index (χ0) is 14.7. The molecule has 0 fully saturated rings. The molecule has 1 aliphatic heterocycles. The van der Waals surface area contributed by atoms with Gasteiger partial charge in [0.05, 0.1) is 6.54 Å². The van der Waals surface area contributed by atoms with E-state index in [0.29, 0.717) is 12.4 Å². The van der Waals surface area contributed by atoms with Gasteiger partial charge < -0.3 is 10.3 Å². The number of benzene rings is 1. The number of unbranched alkanes of at least 4 members (excludes halogenated alkanes) is 1. The number of nitrogen functional groups attached to an aromatic ring is 1. The van der Waals surface area contributed by atoms with Crippen molar-refractivity contribution < 1.29 is 4.52 Å². The van der Waals surface area contributed by atoms with Gasteiger partial charge in [0.2, 0.25) is 5.89 Å². The highest BCUT2D eigenvalue weighted by Crippen LogP contribution is 2.24. The van der Waals surface area contributed by atoms with Crippen LogP contribution >= 0.6 is 0 Å². The first-order chi connectivity index (χ1) is 10.3. The van der Waals surface area contributed by atoms with Gasteiger partial charge in [-0.15, -0.1) is 0 Å². The lowest BCUT2D eigenvalue weighted by atomic mass is 9.98. The third kappa shape index (κ3) is 3.24. The number of aromatic nitrogens is 2. The SMILES string of the molecule is CCCCc1noc(CN2CCc3c(N)cccc3C2)n1. The molecule has 1 aliphatic rings. The van der Waals surface area contributed by atoms with Crippen LogP contribution in [0.3, 0.4) is 0 Å². The highest BCUT2D eigenvalue weighted by atomic mass is 16.5. The third-order valence-corrected chi connectivity index (χ3v) is 4.00. The average Bonchev–Trinajstić information content (AvgIpc) is 2.93.